The van der Waals surface area contributed by atoms with Gasteiger partial charge in [-0.15, -0.1) is 11.8 Å². The number of nitrogens with zero attached hydrogens (tertiary/aromatic N) is 2. The molecule has 5 nitrogen and oxygen atoms in total. The summed E-state index contributed by atoms with van der Waals surface area (Å²) in [7, 11) is 1.65. The molecule has 1 aliphatic rings. The summed E-state index contributed by atoms with van der Waals surface area (Å²) in [4.78, 5) is 28.6. The minimum Gasteiger partial charge on any atom is -0.496 e. The van der Waals surface area contributed by atoms with Crippen molar-refractivity contribution in [3.8, 4) is 5.75 Å². The van der Waals surface area contributed by atoms with E-state index in [0.29, 0.717) is 19.5 Å². The highest BCUT2D eigenvalue weighted by molar-refractivity contribution is 8.01. The topological polar surface area (TPSA) is 49.9 Å². The number of para-hydroxylation sites is 1. The van der Waals surface area contributed by atoms with Gasteiger partial charge in [0.2, 0.25) is 11.8 Å². The van der Waals surface area contributed by atoms with Crippen LogP contribution in [0.1, 0.15) is 45.1 Å². The Labute approximate surface area is 154 Å². The Morgan fingerprint density at radius 2 is 2.04 bits per heavy atom. The van der Waals surface area contributed by atoms with Gasteiger partial charge >= 0.3 is 0 Å². The summed E-state index contributed by atoms with van der Waals surface area (Å²) in [5.74, 6) is 1.03. The molecule has 2 amide bonds. The number of rotatable bonds is 7. The minimum atomic E-state index is -0.0933. The standard InChI is InChI=1S/C19H28N2O3S/c1-6-17(22)20(13(2)3)11-12-21-18(23)14(4)25-19(21)15-9-7-8-10-16(15)24-5/h7-10,13-14,19H,6,11-12H2,1-5H3/t14-,19-/m1/s1. The smallest absolute Gasteiger partial charge is 0.236 e. The third kappa shape index (κ3) is 4.29. The predicted octanol–water partition coefficient (Wildman–Crippen LogP) is 3.30. The lowest BCUT2D eigenvalue weighted by Crippen LogP contribution is -2.43. The van der Waals surface area contributed by atoms with Crippen LogP contribution in [0.3, 0.4) is 0 Å². The summed E-state index contributed by atoms with van der Waals surface area (Å²) >= 11 is 1.63. The van der Waals surface area contributed by atoms with Crippen LogP contribution in [-0.4, -0.2) is 53.1 Å². The van der Waals surface area contributed by atoms with Crippen molar-refractivity contribution < 1.29 is 14.3 Å². The number of amides is 2. The molecular formula is C19H28N2O3S. The van der Waals surface area contributed by atoms with Crippen LogP contribution in [0.5, 0.6) is 5.75 Å². The van der Waals surface area contributed by atoms with Crippen molar-refractivity contribution in [2.45, 2.75) is 50.8 Å². The number of thioether (sulfide) groups is 1. The molecule has 0 saturated carbocycles. The van der Waals surface area contributed by atoms with Crippen LogP contribution < -0.4 is 4.74 Å². The highest BCUT2D eigenvalue weighted by Crippen LogP contribution is 2.45. The van der Waals surface area contributed by atoms with Crippen molar-refractivity contribution in [1.29, 1.82) is 0 Å². The van der Waals surface area contributed by atoms with Gasteiger partial charge in [0.25, 0.3) is 0 Å². The van der Waals surface area contributed by atoms with Gasteiger partial charge in [0.1, 0.15) is 11.1 Å². The maximum Gasteiger partial charge on any atom is 0.236 e. The maximum atomic E-state index is 12.7. The number of methoxy groups -OCH3 is 1. The molecule has 0 N–H and O–H groups in total. The van der Waals surface area contributed by atoms with Crippen molar-refractivity contribution >= 4 is 23.6 Å². The second kappa shape index (κ2) is 8.61. The van der Waals surface area contributed by atoms with E-state index in [1.165, 1.54) is 0 Å². The minimum absolute atomic E-state index is 0.0793. The van der Waals surface area contributed by atoms with Crippen LogP contribution >= 0.6 is 11.8 Å². The lowest BCUT2D eigenvalue weighted by molar-refractivity contribution is -0.135. The first-order valence-electron chi connectivity index (χ1n) is 8.79. The molecular weight excluding hydrogens is 336 g/mol. The van der Waals surface area contributed by atoms with Crippen LogP contribution in [0.2, 0.25) is 0 Å². The first kappa shape index (κ1) is 19.6. The Kier molecular flexibility index (Phi) is 6.76. The Hall–Kier alpha value is -1.69. The highest BCUT2D eigenvalue weighted by Gasteiger charge is 2.39. The lowest BCUT2D eigenvalue weighted by atomic mass is 10.1. The van der Waals surface area contributed by atoms with Crippen molar-refractivity contribution in [2.75, 3.05) is 20.2 Å². The normalized spacial score (nSPS) is 20.2. The molecule has 0 bridgehead atoms. The lowest BCUT2D eigenvalue weighted by Gasteiger charge is -2.31. The van der Waals surface area contributed by atoms with Gasteiger partial charge in [0, 0.05) is 31.1 Å². The molecule has 1 aliphatic heterocycles. The number of hydrogen-bond donors (Lipinski definition) is 0. The molecule has 0 radical (unpaired) electrons. The van der Waals surface area contributed by atoms with E-state index in [0.717, 1.165) is 11.3 Å². The van der Waals surface area contributed by atoms with Gasteiger partial charge in [-0.05, 0) is 26.8 Å². The fourth-order valence-corrected chi connectivity index (χ4v) is 4.44. The molecule has 1 saturated heterocycles. The quantitative estimate of drug-likeness (QED) is 0.745. The molecule has 2 rings (SSSR count). The van der Waals surface area contributed by atoms with E-state index in [1.54, 1.807) is 18.9 Å². The maximum absolute atomic E-state index is 12.7. The van der Waals surface area contributed by atoms with Crippen LogP contribution in [0.25, 0.3) is 0 Å². The van der Waals surface area contributed by atoms with E-state index in [-0.39, 0.29) is 28.5 Å². The summed E-state index contributed by atoms with van der Waals surface area (Å²) in [6.45, 7) is 8.90. The molecule has 0 unspecified atom stereocenters. The number of ether oxygens (including phenoxy) is 1. The number of carbonyl (C=O) groups is 2. The zero-order valence-corrected chi connectivity index (χ0v) is 16.5. The van der Waals surface area contributed by atoms with Crippen molar-refractivity contribution in [2.24, 2.45) is 0 Å². The molecule has 0 aliphatic carbocycles. The average molecular weight is 365 g/mol. The van der Waals surface area contributed by atoms with Crippen LogP contribution in [0.15, 0.2) is 24.3 Å². The second-order valence-electron chi connectivity index (χ2n) is 6.44. The number of carbonyl (C=O) groups excluding carboxylic acids is 2. The number of benzene rings is 1. The predicted molar refractivity (Wildman–Crippen MR) is 102 cm³/mol. The third-order valence-corrected chi connectivity index (χ3v) is 5.86. The summed E-state index contributed by atoms with van der Waals surface area (Å²) in [6, 6.07) is 7.94. The van der Waals surface area contributed by atoms with Gasteiger partial charge in [0.05, 0.1) is 12.4 Å². The monoisotopic (exact) mass is 364 g/mol. The molecule has 0 spiro atoms. The van der Waals surface area contributed by atoms with Crippen LogP contribution in [0.4, 0.5) is 0 Å². The van der Waals surface area contributed by atoms with Gasteiger partial charge in [-0.1, -0.05) is 25.1 Å². The average Bonchev–Trinajstić information content (AvgIpc) is 2.89. The van der Waals surface area contributed by atoms with E-state index >= 15 is 0 Å². The Morgan fingerprint density at radius 1 is 1.36 bits per heavy atom. The van der Waals surface area contributed by atoms with Crippen LogP contribution in [0, 0.1) is 0 Å². The summed E-state index contributed by atoms with van der Waals surface area (Å²) in [6.07, 6.45) is 0.479. The molecule has 2 atom stereocenters. The van der Waals surface area contributed by atoms with Crippen LogP contribution in [-0.2, 0) is 9.59 Å². The Morgan fingerprint density at radius 3 is 2.64 bits per heavy atom. The molecule has 1 fully saturated rings. The largest absolute Gasteiger partial charge is 0.496 e. The fourth-order valence-electron chi connectivity index (χ4n) is 3.10. The van der Waals surface area contributed by atoms with Gasteiger partial charge < -0.3 is 14.5 Å². The molecule has 1 aromatic rings. The van der Waals surface area contributed by atoms with Crippen molar-refractivity contribution in [1.82, 2.24) is 9.80 Å². The highest BCUT2D eigenvalue weighted by atomic mass is 32.2. The molecule has 1 heterocycles. The zero-order chi connectivity index (χ0) is 18.6. The molecule has 0 aromatic heterocycles. The molecule has 138 valence electrons. The van der Waals surface area contributed by atoms with Crippen molar-refractivity contribution in [3.63, 3.8) is 0 Å². The Bertz CT molecular complexity index is 620. The second-order valence-corrected chi connectivity index (χ2v) is 7.86. The van der Waals surface area contributed by atoms with E-state index in [1.807, 2.05) is 61.8 Å². The fraction of sp³-hybridized carbons (Fsp3) is 0.579. The van der Waals surface area contributed by atoms with E-state index in [9.17, 15) is 9.59 Å². The summed E-state index contributed by atoms with van der Waals surface area (Å²) in [5.41, 5.74) is 1.01. The van der Waals surface area contributed by atoms with E-state index < -0.39 is 0 Å². The Balaban J connectivity index is 2.21. The molecule has 25 heavy (non-hydrogen) atoms. The zero-order valence-electron chi connectivity index (χ0n) is 15.7. The SMILES string of the molecule is CCC(=O)N(CCN1C(=O)[C@@H](C)S[C@@H]1c1ccccc1OC)C(C)C. The first-order valence-corrected chi connectivity index (χ1v) is 9.73. The van der Waals surface area contributed by atoms with Gasteiger partial charge in [-0.3, -0.25) is 9.59 Å². The van der Waals surface area contributed by atoms with E-state index in [4.69, 9.17) is 4.74 Å². The molecule has 6 heteroatoms. The van der Waals surface area contributed by atoms with Gasteiger partial charge in [-0.2, -0.15) is 0 Å². The van der Waals surface area contributed by atoms with Gasteiger partial charge in [-0.25, -0.2) is 0 Å². The molecule has 1 aromatic carbocycles. The summed E-state index contributed by atoms with van der Waals surface area (Å²) in [5, 5.41) is -0.173. The van der Waals surface area contributed by atoms with Gasteiger partial charge in [0.15, 0.2) is 0 Å². The number of hydrogen-bond acceptors (Lipinski definition) is 4. The third-order valence-electron chi connectivity index (χ3n) is 4.48. The van der Waals surface area contributed by atoms with E-state index in [2.05, 4.69) is 0 Å². The summed E-state index contributed by atoms with van der Waals surface area (Å²) < 4.78 is 5.48. The first-order chi connectivity index (χ1) is 11.9. The van der Waals surface area contributed by atoms with Crippen molar-refractivity contribution in [3.05, 3.63) is 29.8 Å².